The number of hydrogen-bond acceptors (Lipinski definition) is 5. The average Bonchev–Trinajstić information content (AvgIpc) is 2.56. The van der Waals surface area contributed by atoms with Crippen LogP contribution in [0, 0.1) is 16.7 Å². The van der Waals surface area contributed by atoms with E-state index in [4.69, 9.17) is 21.1 Å². The van der Waals surface area contributed by atoms with Crippen LogP contribution in [-0.2, 0) is 6.18 Å². The Morgan fingerprint density at radius 3 is 2.44 bits per heavy atom. The van der Waals surface area contributed by atoms with Crippen LogP contribution in [0.4, 0.5) is 18.9 Å². The number of nitrogens with two attached hydrogens (primary N) is 1. The van der Waals surface area contributed by atoms with E-state index in [0.29, 0.717) is 5.75 Å². The van der Waals surface area contributed by atoms with Gasteiger partial charge in [0.2, 0.25) is 5.71 Å². The van der Waals surface area contributed by atoms with Crippen LogP contribution in [0.25, 0.3) is 0 Å². The van der Waals surface area contributed by atoms with E-state index in [1.54, 1.807) is 36.4 Å². The summed E-state index contributed by atoms with van der Waals surface area (Å²) in [5, 5.41) is 19.5. The molecule has 0 bridgehead atoms. The number of alkyl halides is 3. The van der Waals surface area contributed by atoms with Crippen molar-refractivity contribution in [3.05, 3.63) is 54.1 Å². The van der Waals surface area contributed by atoms with Gasteiger partial charge in [-0.25, -0.2) is 0 Å². The zero-order valence-electron chi connectivity index (χ0n) is 12.6. The molecule has 0 saturated carbocycles. The molecule has 0 aliphatic heterocycles. The van der Waals surface area contributed by atoms with E-state index in [1.165, 1.54) is 0 Å². The Balaban J connectivity index is 2.41. The lowest BCUT2D eigenvalue weighted by molar-refractivity contribution is -0.137. The third-order valence-electron chi connectivity index (χ3n) is 2.93. The minimum atomic E-state index is -4.57. The van der Waals surface area contributed by atoms with Crippen molar-refractivity contribution >= 4 is 17.2 Å². The van der Waals surface area contributed by atoms with Crippen LogP contribution in [0.2, 0.25) is 0 Å². The SMILES string of the molecule is N#C/C(=N\Nc1cc(C(F)(F)F)ccc1Oc1ccccc1)C(=N)N. The topological polar surface area (TPSA) is 107 Å². The van der Waals surface area contributed by atoms with Crippen LogP contribution in [0.15, 0.2) is 53.6 Å². The van der Waals surface area contributed by atoms with Gasteiger partial charge in [-0.3, -0.25) is 10.8 Å². The predicted molar refractivity (Wildman–Crippen MR) is 86.5 cm³/mol. The number of rotatable bonds is 5. The number of nitriles is 1. The summed E-state index contributed by atoms with van der Waals surface area (Å²) in [6, 6.07) is 12.8. The van der Waals surface area contributed by atoms with Gasteiger partial charge in [0.1, 0.15) is 11.8 Å². The zero-order valence-corrected chi connectivity index (χ0v) is 12.6. The molecule has 0 radical (unpaired) electrons. The van der Waals surface area contributed by atoms with Crippen LogP contribution in [0.5, 0.6) is 11.5 Å². The average molecular weight is 347 g/mol. The van der Waals surface area contributed by atoms with Gasteiger partial charge in [0, 0.05) is 0 Å². The summed E-state index contributed by atoms with van der Waals surface area (Å²) in [4.78, 5) is 0. The first kappa shape index (κ1) is 17.8. The standard InChI is InChI=1S/C16H12F3N5O/c17-16(18,19)10-6-7-14(25-11-4-2-1-3-5-11)12(8-10)23-24-13(9-20)15(21)22/h1-8,23H,(H3,21,22)/b24-13+. The number of hydrazone groups is 1. The van der Waals surface area contributed by atoms with Crippen LogP contribution in [-0.4, -0.2) is 11.5 Å². The van der Waals surface area contributed by atoms with Gasteiger partial charge in [0.25, 0.3) is 0 Å². The highest BCUT2D eigenvalue weighted by Gasteiger charge is 2.31. The van der Waals surface area contributed by atoms with E-state index in [0.717, 1.165) is 18.2 Å². The summed E-state index contributed by atoms with van der Waals surface area (Å²) in [5.41, 5.74) is 5.92. The predicted octanol–water partition coefficient (Wildman–Crippen LogP) is 3.73. The Morgan fingerprint density at radius 1 is 1.20 bits per heavy atom. The second kappa shape index (κ2) is 7.35. The lowest BCUT2D eigenvalue weighted by Crippen LogP contribution is -2.22. The van der Waals surface area contributed by atoms with E-state index >= 15 is 0 Å². The number of benzene rings is 2. The van der Waals surface area contributed by atoms with Gasteiger partial charge in [0.05, 0.1) is 11.3 Å². The van der Waals surface area contributed by atoms with Crippen LogP contribution < -0.4 is 15.9 Å². The second-order valence-corrected chi connectivity index (χ2v) is 4.72. The zero-order chi connectivity index (χ0) is 18.4. The smallest absolute Gasteiger partial charge is 0.416 e. The molecule has 0 aliphatic rings. The first-order valence-corrected chi connectivity index (χ1v) is 6.83. The second-order valence-electron chi connectivity index (χ2n) is 4.72. The maximum atomic E-state index is 12.9. The van der Waals surface area contributed by atoms with Crippen molar-refractivity contribution in [2.75, 3.05) is 5.43 Å². The Hall–Kier alpha value is -3.54. The molecule has 2 rings (SSSR count). The van der Waals surface area contributed by atoms with Gasteiger partial charge in [-0.2, -0.15) is 23.5 Å². The maximum Gasteiger partial charge on any atom is 0.416 e. The lowest BCUT2D eigenvalue weighted by Gasteiger charge is -2.14. The van der Waals surface area contributed by atoms with Crippen LogP contribution in [0.3, 0.4) is 0 Å². The first-order valence-electron chi connectivity index (χ1n) is 6.83. The molecule has 0 unspecified atom stereocenters. The number of ether oxygens (including phenoxy) is 1. The lowest BCUT2D eigenvalue weighted by atomic mass is 10.2. The van der Waals surface area contributed by atoms with Crippen molar-refractivity contribution in [2.45, 2.75) is 6.18 Å². The fraction of sp³-hybridized carbons (Fsp3) is 0.0625. The fourth-order valence-electron chi connectivity index (χ4n) is 1.76. The van der Waals surface area contributed by atoms with Gasteiger partial charge in [0.15, 0.2) is 11.6 Å². The molecular weight excluding hydrogens is 335 g/mol. The molecule has 0 amide bonds. The summed E-state index contributed by atoms with van der Waals surface area (Å²) in [6.45, 7) is 0. The maximum absolute atomic E-state index is 12.9. The minimum Gasteiger partial charge on any atom is -0.455 e. The first-order chi connectivity index (χ1) is 11.8. The van der Waals surface area contributed by atoms with Crippen LogP contribution in [0.1, 0.15) is 5.56 Å². The summed E-state index contributed by atoms with van der Waals surface area (Å²) in [7, 11) is 0. The fourth-order valence-corrected chi connectivity index (χ4v) is 1.76. The van der Waals surface area contributed by atoms with Crippen molar-refractivity contribution in [1.29, 1.82) is 10.7 Å². The Labute approximate surface area is 140 Å². The van der Waals surface area contributed by atoms with Crippen molar-refractivity contribution in [3.63, 3.8) is 0 Å². The van der Waals surface area contributed by atoms with Gasteiger partial charge >= 0.3 is 6.18 Å². The van der Waals surface area contributed by atoms with Crippen molar-refractivity contribution in [1.82, 2.24) is 0 Å². The summed E-state index contributed by atoms with van der Waals surface area (Å²) in [5.74, 6) is -0.155. The quantitative estimate of drug-likeness (QED) is 0.435. The van der Waals surface area contributed by atoms with Gasteiger partial charge < -0.3 is 10.5 Å². The van der Waals surface area contributed by atoms with E-state index in [9.17, 15) is 13.2 Å². The molecule has 0 saturated heterocycles. The highest BCUT2D eigenvalue weighted by Crippen LogP contribution is 2.36. The van der Waals surface area contributed by atoms with Gasteiger partial charge in [-0.1, -0.05) is 18.2 Å². The Bertz CT molecular complexity index is 841. The largest absolute Gasteiger partial charge is 0.455 e. The molecule has 0 heterocycles. The molecule has 9 heteroatoms. The molecule has 128 valence electrons. The highest BCUT2D eigenvalue weighted by atomic mass is 19.4. The van der Waals surface area contributed by atoms with Crippen molar-refractivity contribution in [3.8, 4) is 17.6 Å². The summed E-state index contributed by atoms with van der Waals surface area (Å²) in [6.07, 6.45) is -4.57. The molecule has 0 aliphatic carbocycles. The van der Waals surface area contributed by atoms with Gasteiger partial charge in [-0.05, 0) is 30.3 Å². The molecule has 0 atom stereocenters. The number of nitrogens with one attached hydrogen (secondary N) is 2. The van der Waals surface area contributed by atoms with E-state index in [-0.39, 0.29) is 11.4 Å². The molecule has 0 spiro atoms. The number of anilines is 1. The molecule has 2 aromatic rings. The van der Waals surface area contributed by atoms with Crippen molar-refractivity contribution < 1.29 is 17.9 Å². The molecule has 25 heavy (non-hydrogen) atoms. The third-order valence-corrected chi connectivity index (χ3v) is 2.93. The van der Waals surface area contributed by atoms with E-state index in [2.05, 4.69) is 10.5 Å². The highest BCUT2D eigenvalue weighted by molar-refractivity contribution is 6.45. The number of nitrogens with zero attached hydrogens (tertiary/aromatic N) is 2. The molecule has 2 aromatic carbocycles. The molecule has 4 N–H and O–H groups in total. The molecule has 6 nitrogen and oxygen atoms in total. The van der Waals surface area contributed by atoms with Crippen LogP contribution >= 0.6 is 0 Å². The Morgan fingerprint density at radius 2 is 1.88 bits per heavy atom. The summed E-state index contributed by atoms with van der Waals surface area (Å²) < 4.78 is 44.3. The minimum absolute atomic E-state index is 0.0591. The normalized spacial score (nSPS) is 11.5. The van der Waals surface area contributed by atoms with Gasteiger partial charge in [-0.15, -0.1) is 0 Å². The molecular formula is C16H12F3N5O. The molecule has 0 fully saturated rings. The van der Waals surface area contributed by atoms with Crippen molar-refractivity contribution in [2.24, 2.45) is 10.8 Å². The van der Waals surface area contributed by atoms with E-state index in [1.807, 2.05) is 0 Å². The third kappa shape index (κ3) is 4.71. The number of halogens is 3. The summed E-state index contributed by atoms with van der Waals surface area (Å²) >= 11 is 0. The monoisotopic (exact) mass is 347 g/mol. The number of hydrogen-bond donors (Lipinski definition) is 3. The Kier molecular flexibility index (Phi) is 5.24. The molecule has 0 aromatic heterocycles. The number of para-hydroxylation sites is 1. The number of amidine groups is 1. The van der Waals surface area contributed by atoms with E-state index < -0.39 is 23.3 Å².